The van der Waals surface area contributed by atoms with E-state index >= 15 is 0 Å². The summed E-state index contributed by atoms with van der Waals surface area (Å²) in [5, 5.41) is 2.00. The molecular weight excluding hydrogens is 326 g/mol. The fraction of sp³-hybridized carbons (Fsp3) is 0.400. The van der Waals surface area contributed by atoms with Gasteiger partial charge < -0.3 is 9.80 Å². The number of nitrogens with zero attached hydrogens (tertiary/aromatic N) is 4. The first-order valence-electron chi connectivity index (χ1n) is 9.21. The maximum atomic E-state index is 12.6. The van der Waals surface area contributed by atoms with Gasteiger partial charge in [0.05, 0.1) is 0 Å². The highest BCUT2D eigenvalue weighted by Gasteiger charge is 2.20. The summed E-state index contributed by atoms with van der Waals surface area (Å²) in [7, 11) is 2.10. The molecule has 2 aliphatic heterocycles. The van der Waals surface area contributed by atoms with E-state index in [0.717, 1.165) is 51.5 Å². The van der Waals surface area contributed by atoms with E-state index in [9.17, 15) is 4.79 Å². The molecule has 1 amide bonds. The van der Waals surface area contributed by atoms with Crippen molar-refractivity contribution in [1.29, 1.82) is 0 Å². The maximum Gasteiger partial charge on any atom is 0.265 e. The van der Waals surface area contributed by atoms with Gasteiger partial charge in [0.2, 0.25) is 0 Å². The molecule has 0 radical (unpaired) electrons. The summed E-state index contributed by atoms with van der Waals surface area (Å²) in [4.78, 5) is 21.6. The van der Waals surface area contributed by atoms with Gasteiger partial charge in [-0.2, -0.15) is 0 Å². The number of piperazine rings is 1. The summed E-state index contributed by atoms with van der Waals surface area (Å²) in [6.45, 7) is 5.40. The van der Waals surface area contributed by atoms with E-state index in [1.165, 1.54) is 11.1 Å². The first kappa shape index (κ1) is 17.0. The average Bonchev–Trinajstić information content (AvgIpc) is 2.69. The standard InChI is InChI=1S/C20H25N5O/c1-23-10-12-25(13-11-23)22-20(26)17-6-8-21-19(14-17)24-9-7-16-4-2-3-5-18(16)15-24/h2-6,8,14H,7,9-13,15H2,1H3,(H,22,26). The minimum Gasteiger partial charge on any atom is -0.352 e. The third kappa shape index (κ3) is 3.71. The molecule has 0 aliphatic carbocycles. The largest absolute Gasteiger partial charge is 0.352 e. The third-order valence-corrected chi connectivity index (χ3v) is 5.23. The third-order valence-electron chi connectivity index (χ3n) is 5.23. The van der Waals surface area contributed by atoms with Gasteiger partial charge in [-0.3, -0.25) is 10.2 Å². The van der Waals surface area contributed by atoms with Gasteiger partial charge in [-0.15, -0.1) is 0 Å². The second kappa shape index (κ2) is 7.43. The Morgan fingerprint density at radius 3 is 2.62 bits per heavy atom. The highest BCUT2D eigenvalue weighted by Crippen LogP contribution is 2.23. The molecule has 2 aromatic rings. The van der Waals surface area contributed by atoms with Crippen LogP contribution in [0, 0.1) is 0 Å². The van der Waals surface area contributed by atoms with Crippen molar-refractivity contribution in [2.45, 2.75) is 13.0 Å². The fourth-order valence-corrected chi connectivity index (χ4v) is 3.55. The number of hydrogen-bond acceptors (Lipinski definition) is 5. The molecule has 6 nitrogen and oxygen atoms in total. The average molecular weight is 351 g/mol. The summed E-state index contributed by atoms with van der Waals surface area (Å²) in [6, 6.07) is 12.2. The second-order valence-electron chi connectivity index (χ2n) is 7.07. The molecule has 3 heterocycles. The molecule has 1 N–H and O–H groups in total. The summed E-state index contributed by atoms with van der Waals surface area (Å²) in [5.74, 6) is 0.807. The summed E-state index contributed by atoms with van der Waals surface area (Å²) >= 11 is 0. The Kier molecular flexibility index (Phi) is 4.86. The van der Waals surface area contributed by atoms with Crippen LogP contribution in [0.2, 0.25) is 0 Å². The van der Waals surface area contributed by atoms with Crippen molar-refractivity contribution < 1.29 is 4.79 Å². The number of likely N-dealkylation sites (N-methyl/N-ethyl adjacent to an activating group) is 1. The van der Waals surface area contributed by atoms with Crippen LogP contribution in [-0.2, 0) is 13.0 Å². The van der Waals surface area contributed by atoms with E-state index in [1.54, 1.807) is 12.3 Å². The summed E-state index contributed by atoms with van der Waals surface area (Å²) in [5.41, 5.74) is 6.43. The van der Waals surface area contributed by atoms with Gasteiger partial charge in [0, 0.05) is 51.0 Å². The number of hydrogen-bond donors (Lipinski definition) is 1. The van der Waals surface area contributed by atoms with E-state index < -0.39 is 0 Å². The van der Waals surface area contributed by atoms with E-state index in [4.69, 9.17) is 0 Å². The lowest BCUT2D eigenvalue weighted by Gasteiger charge is -2.32. The van der Waals surface area contributed by atoms with Crippen molar-refractivity contribution >= 4 is 11.7 Å². The van der Waals surface area contributed by atoms with Crippen molar-refractivity contribution in [1.82, 2.24) is 20.3 Å². The van der Waals surface area contributed by atoms with Gasteiger partial charge in [0.15, 0.2) is 0 Å². The highest BCUT2D eigenvalue weighted by atomic mass is 16.2. The molecule has 2 aliphatic rings. The molecule has 0 atom stereocenters. The number of rotatable bonds is 3. The maximum absolute atomic E-state index is 12.6. The predicted octanol–water partition coefficient (Wildman–Crippen LogP) is 1.54. The Morgan fingerprint density at radius 1 is 1.04 bits per heavy atom. The molecular formula is C20H25N5O. The monoisotopic (exact) mass is 351 g/mol. The number of hydrazine groups is 1. The number of aromatic nitrogens is 1. The molecule has 1 fully saturated rings. The topological polar surface area (TPSA) is 51.7 Å². The van der Waals surface area contributed by atoms with E-state index in [0.29, 0.717) is 5.56 Å². The van der Waals surface area contributed by atoms with Crippen molar-refractivity contribution in [2.24, 2.45) is 0 Å². The fourth-order valence-electron chi connectivity index (χ4n) is 3.55. The van der Waals surface area contributed by atoms with Crippen LogP contribution in [0.5, 0.6) is 0 Å². The van der Waals surface area contributed by atoms with Crippen LogP contribution in [0.1, 0.15) is 21.5 Å². The van der Waals surface area contributed by atoms with Crippen LogP contribution in [0.15, 0.2) is 42.6 Å². The Hall–Kier alpha value is -2.44. The van der Waals surface area contributed by atoms with Gasteiger partial charge in [0.1, 0.15) is 5.82 Å². The molecule has 1 saturated heterocycles. The Labute approximate surface area is 154 Å². The number of fused-ring (bicyclic) bond motifs is 1. The van der Waals surface area contributed by atoms with Gasteiger partial charge >= 0.3 is 0 Å². The smallest absolute Gasteiger partial charge is 0.265 e. The van der Waals surface area contributed by atoms with Crippen LogP contribution >= 0.6 is 0 Å². The van der Waals surface area contributed by atoms with Crippen molar-refractivity contribution in [2.75, 3.05) is 44.7 Å². The number of benzene rings is 1. The lowest BCUT2D eigenvalue weighted by molar-refractivity contribution is 0.0662. The van der Waals surface area contributed by atoms with Crippen LogP contribution in [-0.4, -0.2) is 60.6 Å². The predicted molar refractivity (Wildman–Crippen MR) is 102 cm³/mol. The lowest BCUT2D eigenvalue weighted by atomic mass is 10.00. The van der Waals surface area contributed by atoms with Gasteiger partial charge in [-0.1, -0.05) is 24.3 Å². The van der Waals surface area contributed by atoms with Crippen LogP contribution < -0.4 is 10.3 Å². The zero-order valence-electron chi connectivity index (χ0n) is 15.2. The van der Waals surface area contributed by atoms with Crippen molar-refractivity contribution in [3.63, 3.8) is 0 Å². The van der Waals surface area contributed by atoms with E-state index in [1.807, 2.05) is 11.1 Å². The zero-order valence-corrected chi connectivity index (χ0v) is 15.2. The quantitative estimate of drug-likeness (QED) is 0.909. The number of carbonyl (C=O) groups is 1. The number of carbonyl (C=O) groups excluding carboxylic acids is 1. The number of amides is 1. The number of pyridine rings is 1. The molecule has 1 aromatic heterocycles. The second-order valence-corrected chi connectivity index (χ2v) is 7.07. The SMILES string of the molecule is CN1CCN(NC(=O)c2ccnc(N3CCc4ccccc4C3)c2)CC1. The van der Waals surface area contributed by atoms with Crippen LogP contribution in [0.4, 0.5) is 5.82 Å². The van der Waals surface area contributed by atoms with E-state index in [2.05, 4.69) is 51.5 Å². The normalized spacial score (nSPS) is 18.4. The molecule has 0 bridgehead atoms. The van der Waals surface area contributed by atoms with Gasteiger partial charge in [-0.25, -0.2) is 9.99 Å². The number of nitrogens with one attached hydrogen (secondary N) is 1. The Morgan fingerprint density at radius 2 is 1.81 bits per heavy atom. The first-order chi connectivity index (χ1) is 12.7. The Balaban J connectivity index is 1.44. The van der Waals surface area contributed by atoms with Crippen molar-refractivity contribution in [3.05, 3.63) is 59.3 Å². The highest BCUT2D eigenvalue weighted by molar-refractivity contribution is 5.94. The molecule has 6 heteroatoms. The minimum atomic E-state index is -0.0596. The van der Waals surface area contributed by atoms with Crippen LogP contribution in [0.25, 0.3) is 0 Å². The first-order valence-corrected chi connectivity index (χ1v) is 9.21. The molecule has 1 aromatic carbocycles. The Bertz CT molecular complexity index is 785. The summed E-state index contributed by atoms with van der Waals surface area (Å²) < 4.78 is 0. The molecule has 0 saturated carbocycles. The van der Waals surface area contributed by atoms with Gasteiger partial charge in [0.25, 0.3) is 5.91 Å². The molecule has 26 heavy (non-hydrogen) atoms. The molecule has 0 spiro atoms. The molecule has 0 unspecified atom stereocenters. The van der Waals surface area contributed by atoms with E-state index in [-0.39, 0.29) is 5.91 Å². The van der Waals surface area contributed by atoms with Gasteiger partial charge in [-0.05, 0) is 36.7 Å². The molecule has 4 rings (SSSR count). The van der Waals surface area contributed by atoms with Crippen molar-refractivity contribution in [3.8, 4) is 0 Å². The molecule has 136 valence electrons. The minimum absolute atomic E-state index is 0.0596. The number of anilines is 1. The lowest BCUT2D eigenvalue weighted by Crippen LogP contribution is -2.52. The zero-order chi connectivity index (χ0) is 17.9. The van der Waals surface area contributed by atoms with Crippen LogP contribution in [0.3, 0.4) is 0 Å². The summed E-state index contributed by atoms with van der Waals surface area (Å²) in [6.07, 6.45) is 2.74.